The van der Waals surface area contributed by atoms with Crippen molar-refractivity contribution < 1.29 is 19.4 Å². The summed E-state index contributed by atoms with van der Waals surface area (Å²) in [5.41, 5.74) is -1.49. The molecule has 0 saturated heterocycles. The molecule has 0 heterocycles. The van der Waals surface area contributed by atoms with E-state index >= 15 is 0 Å². The van der Waals surface area contributed by atoms with Gasteiger partial charge in [0.1, 0.15) is 11.4 Å². The molecular weight excluding hydrogens is 309 g/mol. The second-order valence-corrected chi connectivity index (χ2v) is 6.37. The van der Waals surface area contributed by atoms with Gasteiger partial charge in [-0.3, -0.25) is 4.79 Å². The average Bonchev–Trinajstić information content (AvgIpc) is 2.54. The summed E-state index contributed by atoms with van der Waals surface area (Å²) in [7, 11) is 0. The molecule has 0 spiro atoms. The molecule has 2 aromatic carbocycles. The number of benzene rings is 2. The molecule has 1 amide bonds. The minimum Gasteiger partial charge on any atom is -0.385 e. The van der Waals surface area contributed by atoms with Crippen molar-refractivity contribution in [3.8, 4) is 0 Å². The fraction of sp³-hybridized carbons (Fsp3) is 0.316. The molecule has 5 heteroatoms. The lowest BCUT2D eigenvalue weighted by molar-refractivity contribution is -0.127. The molecule has 0 aromatic heterocycles. The number of hydrogen-bond acceptors (Lipinski definition) is 3. The Morgan fingerprint density at radius 1 is 0.958 bits per heavy atom. The van der Waals surface area contributed by atoms with Crippen LogP contribution < -0.4 is 5.32 Å². The molecule has 0 aliphatic heterocycles. The summed E-state index contributed by atoms with van der Waals surface area (Å²) in [5.74, 6) is -0.774. The van der Waals surface area contributed by atoms with Crippen LogP contribution in [-0.4, -0.2) is 22.7 Å². The highest BCUT2D eigenvalue weighted by Gasteiger charge is 2.28. The van der Waals surface area contributed by atoms with E-state index < -0.39 is 17.0 Å². The Bertz CT molecular complexity index is 682. The molecule has 2 aromatic rings. The Labute approximate surface area is 141 Å². The first-order valence-electron chi connectivity index (χ1n) is 7.74. The fourth-order valence-electron chi connectivity index (χ4n) is 2.46. The lowest BCUT2D eigenvalue weighted by Gasteiger charge is -2.27. The van der Waals surface area contributed by atoms with Crippen molar-refractivity contribution in [2.75, 3.05) is 6.54 Å². The van der Waals surface area contributed by atoms with Gasteiger partial charge in [-0.05, 0) is 37.1 Å². The highest BCUT2D eigenvalue weighted by atomic mass is 19.1. The average molecular weight is 331 g/mol. The van der Waals surface area contributed by atoms with Gasteiger partial charge in [0.2, 0.25) is 5.91 Å². The Balaban J connectivity index is 1.96. The first-order chi connectivity index (χ1) is 11.2. The molecule has 0 saturated carbocycles. The predicted octanol–water partition coefficient (Wildman–Crippen LogP) is 2.45. The number of carbonyl (C=O) groups excluding carboxylic acids is 1. The normalized spacial score (nSPS) is 16.0. The quantitative estimate of drug-likeness (QED) is 0.761. The second-order valence-electron chi connectivity index (χ2n) is 6.37. The van der Waals surface area contributed by atoms with E-state index in [0.717, 1.165) is 0 Å². The monoisotopic (exact) mass is 331 g/mol. The van der Waals surface area contributed by atoms with Crippen LogP contribution in [0.1, 0.15) is 31.4 Å². The van der Waals surface area contributed by atoms with Gasteiger partial charge in [0.15, 0.2) is 0 Å². The molecule has 0 aliphatic carbocycles. The van der Waals surface area contributed by atoms with Gasteiger partial charge in [0.05, 0.1) is 18.6 Å². The summed E-state index contributed by atoms with van der Waals surface area (Å²) in [6, 6.07) is 14.4. The third-order valence-electron chi connectivity index (χ3n) is 4.00. The smallest absolute Gasteiger partial charge is 0.223 e. The van der Waals surface area contributed by atoms with Crippen molar-refractivity contribution in [2.45, 2.75) is 31.5 Å². The number of carbonyl (C=O) groups is 1. The zero-order valence-corrected chi connectivity index (χ0v) is 13.8. The van der Waals surface area contributed by atoms with Crippen LogP contribution in [0.15, 0.2) is 54.6 Å². The minimum absolute atomic E-state index is 0.0393. The van der Waals surface area contributed by atoms with Gasteiger partial charge in [0, 0.05) is 0 Å². The molecule has 0 fully saturated rings. The van der Waals surface area contributed by atoms with E-state index in [0.29, 0.717) is 11.1 Å². The van der Waals surface area contributed by atoms with Crippen LogP contribution in [0.5, 0.6) is 0 Å². The summed E-state index contributed by atoms with van der Waals surface area (Å²) < 4.78 is 13.0. The van der Waals surface area contributed by atoms with Crippen LogP contribution in [0.25, 0.3) is 0 Å². The number of amides is 1. The summed E-state index contributed by atoms with van der Waals surface area (Å²) in [5, 5.41) is 23.5. The van der Waals surface area contributed by atoms with Gasteiger partial charge >= 0.3 is 0 Å². The van der Waals surface area contributed by atoms with Gasteiger partial charge < -0.3 is 15.5 Å². The number of nitrogens with one attached hydrogen (secondary N) is 1. The zero-order valence-electron chi connectivity index (χ0n) is 13.8. The molecule has 4 nitrogen and oxygen atoms in total. The van der Waals surface area contributed by atoms with Gasteiger partial charge in [-0.1, -0.05) is 42.5 Å². The molecule has 0 bridgehead atoms. The number of rotatable bonds is 6. The molecule has 2 atom stereocenters. The van der Waals surface area contributed by atoms with Crippen LogP contribution in [0.4, 0.5) is 4.39 Å². The molecule has 0 radical (unpaired) electrons. The topological polar surface area (TPSA) is 69.6 Å². The summed E-state index contributed by atoms with van der Waals surface area (Å²) >= 11 is 0. The highest BCUT2D eigenvalue weighted by molar-refractivity contribution is 5.77. The Hall–Kier alpha value is -2.24. The highest BCUT2D eigenvalue weighted by Crippen LogP contribution is 2.24. The lowest BCUT2D eigenvalue weighted by atomic mass is 9.92. The molecule has 2 rings (SSSR count). The molecule has 2 unspecified atom stereocenters. The second kappa shape index (κ2) is 7.11. The van der Waals surface area contributed by atoms with E-state index in [1.807, 2.05) is 6.07 Å². The maximum absolute atomic E-state index is 13.0. The maximum atomic E-state index is 13.0. The number of aliphatic hydroxyl groups is 2. The van der Waals surface area contributed by atoms with E-state index in [1.54, 1.807) is 31.2 Å². The van der Waals surface area contributed by atoms with Crippen molar-refractivity contribution in [1.29, 1.82) is 0 Å². The lowest BCUT2D eigenvalue weighted by Crippen LogP contribution is -2.41. The summed E-state index contributed by atoms with van der Waals surface area (Å²) in [4.78, 5) is 12.1. The minimum atomic E-state index is -1.33. The first-order valence-corrected chi connectivity index (χ1v) is 7.74. The van der Waals surface area contributed by atoms with Crippen LogP contribution in [0, 0.1) is 5.82 Å². The van der Waals surface area contributed by atoms with Gasteiger partial charge in [-0.15, -0.1) is 0 Å². The summed E-state index contributed by atoms with van der Waals surface area (Å²) in [6.07, 6.45) is -0.128. The maximum Gasteiger partial charge on any atom is 0.223 e. The van der Waals surface area contributed by atoms with Crippen molar-refractivity contribution >= 4 is 5.91 Å². The third kappa shape index (κ3) is 4.63. The van der Waals surface area contributed by atoms with Crippen LogP contribution >= 0.6 is 0 Å². The predicted molar refractivity (Wildman–Crippen MR) is 89.6 cm³/mol. The number of hydrogen-bond donors (Lipinski definition) is 3. The number of halogens is 1. The first kappa shape index (κ1) is 18.1. The van der Waals surface area contributed by atoms with E-state index in [-0.39, 0.29) is 18.9 Å². The van der Waals surface area contributed by atoms with Crippen molar-refractivity contribution in [2.24, 2.45) is 0 Å². The molecule has 0 aliphatic rings. The SMILES string of the molecule is CC(O)(CNC(=O)CC(C)(O)c1ccccc1)c1ccc(F)cc1. The summed E-state index contributed by atoms with van der Waals surface area (Å²) in [6.45, 7) is 3.07. The molecular formula is C19H22FNO3. The van der Waals surface area contributed by atoms with Crippen molar-refractivity contribution in [3.63, 3.8) is 0 Å². The van der Waals surface area contributed by atoms with E-state index in [2.05, 4.69) is 5.32 Å². The van der Waals surface area contributed by atoms with E-state index in [4.69, 9.17) is 0 Å². The van der Waals surface area contributed by atoms with Crippen LogP contribution in [0.2, 0.25) is 0 Å². The fourth-order valence-corrected chi connectivity index (χ4v) is 2.46. The van der Waals surface area contributed by atoms with Gasteiger partial charge in [-0.25, -0.2) is 4.39 Å². The van der Waals surface area contributed by atoms with Crippen molar-refractivity contribution in [3.05, 3.63) is 71.5 Å². The largest absolute Gasteiger partial charge is 0.385 e. The van der Waals surface area contributed by atoms with Gasteiger partial charge in [0.25, 0.3) is 0 Å². The molecule has 24 heavy (non-hydrogen) atoms. The molecule has 128 valence electrons. The standard InChI is InChI=1S/C19H22FNO3/c1-18(23,14-6-4-3-5-7-14)12-17(22)21-13-19(2,24)15-8-10-16(20)11-9-15/h3-11,23-24H,12-13H2,1-2H3,(H,21,22). The van der Waals surface area contributed by atoms with Gasteiger partial charge in [-0.2, -0.15) is 0 Å². The Morgan fingerprint density at radius 2 is 1.50 bits per heavy atom. The Kier molecular flexibility index (Phi) is 5.36. The van der Waals surface area contributed by atoms with E-state index in [1.165, 1.54) is 31.2 Å². The third-order valence-corrected chi connectivity index (χ3v) is 4.00. The molecule has 3 N–H and O–H groups in total. The Morgan fingerprint density at radius 3 is 2.08 bits per heavy atom. The van der Waals surface area contributed by atoms with Crippen LogP contribution in [0.3, 0.4) is 0 Å². The van der Waals surface area contributed by atoms with E-state index in [9.17, 15) is 19.4 Å². The van der Waals surface area contributed by atoms with Crippen molar-refractivity contribution in [1.82, 2.24) is 5.32 Å². The zero-order chi connectivity index (χ0) is 17.8. The van der Waals surface area contributed by atoms with Crippen LogP contribution in [-0.2, 0) is 16.0 Å².